The Balaban J connectivity index is 0.00000456. The van der Waals surface area contributed by atoms with E-state index < -0.39 is 15.9 Å². The van der Waals surface area contributed by atoms with Crippen molar-refractivity contribution in [1.82, 2.24) is 9.97 Å². The average molecular weight is 519 g/mol. The molecule has 0 N–H and O–H groups in total. The van der Waals surface area contributed by atoms with Gasteiger partial charge in [0.15, 0.2) is 0 Å². The Kier molecular flexibility index (Phi) is 12.0. The van der Waals surface area contributed by atoms with Gasteiger partial charge in [0.1, 0.15) is 5.82 Å². The van der Waals surface area contributed by atoms with Crippen LogP contribution in [0.15, 0.2) is 66.9 Å². The van der Waals surface area contributed by atoms with Crippen LogP contribution in [0.5, 0.6) is 0 Å². The maximum atomic E-state index is 11.5. The molecular formula is C26H31N4NaO4S. The SMILES string of the molecule is CC(C)N(CCCCOCC(=O)[N-]S(C)(=O)=O)c1cnc(-c2ccccc2)c(-c2ccccc2)n1.[Na+]. The van der Waals surface area contributed by atoms with Crippen molar-refractivity contribution in [3.05, 3.63) is 71.6 Å². The fourth-order valence-electron chi connectivity index (χ4n) is 3.62. The molecule has 0 bridgehead atoms. The molecular weight excluding hydrogens is 487 g/mol. The largest absolute Gasteiger partial charge is 1.00 e. The van der Waals surface area contributed by atoms with E-state index >= 15 is 0 Å². The Morgan fingerprint density at radius 1 is 0.972 bits per heavy atom. The van der Waals surface area contributed by atoms with Crippen molar-refractivity contribution in [3.8, 4) is 22.5 Å². The van der Waals surface area contributed by atoms with Crippen molar-refractivity contribution in [2.24, 2.45) is 0 Å². The molecule has 0 spiro atoms. The van der Waals surface area contributed by atoms with Gasteiger partial charge in [-0.25, -0.2) is 13.4 Å². The third kappa shape index (κ3) is 9.29. The first-order valence-electron chi connectivity index (χ1n) is 11.5. The molecule has 10 heteroatoms. The fourth-order valence-corrected chi connectivity index (χ4v) is 4.04. The van der Waals surface area contributed by atoms with Crippen LogP contribution in [0.4, 0.5) is 5.82 Å². The maximum absolute atomic E-state index is 11.5. The van der Waals surface area contributed by atoms with Gasteiger partial charge in [0.05, 0.1) is 40.1 Å². The van der Waals surface area contributed by atoms with Crippen molar-refractivity contribution in [3.63, 3.8) is 0 Å². The van der Waals surface area contributed by atoms with E-state index in [-0.39, 0.29) is 42.2 Å². The van der Waals surface area contributed by atoms with E-state index in [2.05, 4.69) is 23.5 Å². The van der Waals surface area contributed by atoms with E-state index in [1.54, 1.807) is 0 Å². The molecule has 0 aliphatic rings. The van der Waals surface area contributed by atoms with Gasteiger partial charge < -0.3 is 19.2 Å². The summed E-state index contributed by atoms with van der Waals surface area (Å²) in [6.45, 7) is 4.95. The minimum atomic E-state index is -3.69. The first-order chi connectivity index (χ1) is 16.7. The smallest absolute Gasteiger partial charge is 0.544 e. The molecule has 0 saturated heterocycles. The van der Waals surface area contributed by atoms with Crippen LogP contribution in [-0.4, -0.2) is 56.3 Å². The number of ether oxygens (including phenoxy) is 1. The molecule has 0 radical (unpaired) electrons. The minimum absolute atomic E-state index is 0. The second kappa shape index (κ2) is 14.4. The molecule has 0 saturated carbocycles. The van der Waals surface area contributed by atoms with Crippen molar-refractivity contribution >= 4 is 21.7 Å². The molecule has 0 aliphatic heterocycles. The average Bonchev–Trinajstić information content (AvgIpc) is 2.83. The number of carbonyl (C=O) groups excluding carboxylic acids is 1. The van der Waals surface area contributed by atoms with Crippen molar-refractivity contribution in [1.29, 1.82) is 0 Å². The summed E-state index contributed by atoms with van der Waals surface area (Å²) in [5.74, 6) is 0.000103. The first-order valence-corrected chi connectivity index (χ1v) is 13.4. The Hall–Kier alpha value is -2.30. The number of carbonyl (C=O) groups is 1. The maximum Gasteiger partial charge on any atom is 1.00 e. The van der Waals surface area contributed by atoms with E-state index in [0.29, 0.717) is 13.0 Å². The van der Waals surface area contributed by atoms with Crippen LogP contribution in [0, 0.1) is 0 Å². The molecule has 36 heavy (non-hydrogen) atoms. The van der Waals surface area contributed by atoms with Crippen LogP contribution in [-0.2, 0) is 19.6 Å². The summed E-state index contributed by atoms with van der Waals surface area (Å²) in [6.07, 6.45) is 4.20. The minimum Gasteiger partial charge on any atom is -0.544 e. The van der Waals surface area contributed by atoms with Gasteiger partial charge in [0.2, 0.25) is 0 Å². The van der Waals surface area contributed by atoms with E-state index in [9.17, 15) is 13.2 Å². The number of sulfonamides is 1. The molecule has 2 aromatic carbocycles. The summed E-state index contributed by atoms with van der Waals surface area (Å²) in [5.41, 5.74) is 3.68. The zero-order chi connectivity index (χ0) is 25.3. The topological polar surface area (TPSA) is 104 Å². The molecule has 3 rings (SSSR count). The predicted molar refractivity (Wildman–Crippen MR) is 139 cm³/mol. The van der Waals surface area contributed by atoms with Crippen molar-refractivity contribution in [2.75, 3.05) is 30.9 Å². The number of hydrogen-bond acceptors (Lipinski definition) is 7. The number of benzene rings is 2. The van der Waals surface area contributed by atoms with Crippen molar-refractivity contribution < 1.29 is 47.5 Å². The van der Waals surface area contributed by atoms with Crippen LogP contribution in [0.25, 0.3) is 27.2 Å². The first kappa shape index (κ1) is 29.9. The molecule has 186 valence electrons. The summed E-state index contributed by atoms with van der Waals surface area (Å²) in [6, 6.07) is 20.3. The van der Waals surface area contributed by atoms with E-state index in [0.717, 1.165) is 47.6 Å². The zero-order valence-electron chi connectivity index (χ0n) is 21.3. The zero-order valence-corrected chi connectivity index (χ0v) is 24.1. The van der Waals surface area contributed by atoms with Gasteiger partial charge in [-0.15, -0.1) is 0 Å². The number of anilines is 1. The van der Waals surface area contributed by atoms with Crippen LogP contribution in [0.1, 0.15) is 26.7 Å². The normalized spacial score (nSPS) is 11.1. The number of amides is 1. The Morgan fingerprint density at radius 3 is 2.11 bits per heavy atom. The summed E-state index contributed by atoms with van der Waals surface area (Å²) >= 11 is 0. The molecule has 8 nitrogen and oxygen atoms in total. The van der Waals surface area contributed by atoms with Gasteiger partial charge in [0.25, 0.3) is 0 Å². The summed E-state index contributed by atoms with van der Waals surface area (Å²) in [4.78, 5) is 23.5. The standard InChI is InChI=1S/C26H32N4O4S.Na/c1-20(2)30(16-10-11-17-34-19-24(31)29-35(3,32)33)23-18-27-25(21-12-6-4-7-13-21)26(28-23)22-14-8-5-9-15-22;/h4-9,12-15,18,20H,10-11,16-17,19H2,1-3H3,(H,29,31);/q;+1/p-1. The number of rotatable bonds is 12. The van der Waals surface area contributed by atoms with Gasteiger partial charge in [-0.1, -0.05) is 60.7 Å². The number of unbranched alkanes of at least 4 members (excludes halogenated alkanes) is 1. The third-order valence-corrected chi connectivity index (χ3v) is 5.74. The van der Waals surface area contributed by atoms with Crippen LogP contribution >= 0.6 is 0 Å². The summed E-state index contributed by atoms with van der Waals surface area (Å²) < 4.78 is 30.4. The quantitative estimate of drug-likeness (QED) is 0.266. The Morgan fingerprint density at radius 2 is 1.56 bits per heavy atom. The monoisotopic (exact) mass is 518 g/mol. The number of hydrogen-bond donors (Lipinski definition) is 0. The summed E-state index contributed by atoms with van der Waals surface area (Å²) in [7, 11) is -3.69. The van der Waals surface area contributed by atoms with Crippen molar-refractivity contribution in [2.45, 2.75) is 32.7 Å². The molecule has 0 aliphatic carbocycles. The van der Waals surface area contributed by atoms with Crippen LogP contribution in [0.3, 0.4) is 0 Å². The van der Waals surface area contributed by atoms with Crippen LogP contribution < -0.4 is 34.5 Å². The van der Waals surface area contributed by atoms with E-state index in [1.807, 2.05) is 66.9 Å². The van der Waals surface area contributed by atoms with E-state index in [1.165, 1.54) is 0 Å². The third-order valence-electron chi connectivity index (χ3n) is 5.20. The van der Waals surface area contributed by atoms with Gasteiger partial charge in [-0.2, -0.15) is 0 Å². The fraction of sp³-hybridized carbons (Fsp3) is 0.346. The van der Waals surface area contributed by atoms with Gasteiger partial charge in [-0.3, -0.25) is 4.98 Å². The Bertz CT molecular complexity index is 1210. The molecule has 1 heterocycles. The van der Waals surface area contributed by atoms with Crippen LogP contribution in [0.2, 0.25) is 0 Å². The molecule has 1 aromatic heterocycles. The van der Waals surface area contributed by atoms with Gasteiger partial charge in [0, 0.05) is 36.6 Å². The predicted octanol–water partition coefficient (Wildman–Crippen LogP) is 1.69. The second-order valence-corrected chi connectivity index (χ2v) is 10.1. The molecule has 0 unspecified atom stereocenters. The molecule has 1 amide bonds. The molecule has 3 aromatic rings. The molecule has 0 fully saturated rings. The Labute approximate surface area is 235 Å². The summed E-state index contributed by atoms with van der Waals surface area (Å²) in [5, 5.41) is 0. The number of nitrogens with zero attached hydrogens (tertiary/aromatic N) is 4. The second-order valence-electron chi connectivity index (χ2n) is 8.42. The number of aromatic nitrogens is 2. The van der Waals surface area contributed by atoms with Gasteiger partial charge in [-0.05, 0) is 26.7 Å². The molecule has 0 atom stereocenters. The van der Waals surface area contributed by atoms with E-state index in [4.69, 9.17) is 14.7 Å². The van der Waals surface area contributed by atoms with Gasteiger partial charge >= 0.3 is 29.6 Å².